The Kier molecular flexibility index (Phi) is 2.06. The molecule has 0 saturated heterocycles. The van der Waals surface area contributed by atoms with Crippen LogP contribution in [0.3, 0.4) is 0 Å². The third kappa shape index (κ3) is 1.62. The van der Waals surface area contributed by atoms with Crippen LogP contribution in [0.2, 0.25) is 0 Å². The number of aryl methyl sites for hydroxylation is 1. The quantitative estimate of drug-likeness (QED) is 0.767. The molecule has 0 aliphatic carbocycles. The smallest absolute Gasteiger partial charge is 0.157 e. The lowest BCUT2D eigenvalue weighted by Crippen LogP contribution is -2.24. The van der Waals surface area contributed by atoms with E-state index in [0.717, 1.165) is 5.69 Å². The third-order valence-electron chi connectivity index (χ3n) is 2.92. The number of H-pyrrole nitrogens is 1. The Morgan fingerprint density at radius 2 is 2.29 bits per heavy atom. The molecule has 17 heavy (non-hydrogen) atoms. The number of nitrogen functional groups attached to an aromatic ring is 1. The summed E-state index contributed by atoms with van der Waals surface area (Å²) in [7, 11) is -3.03. The number of nitrogens with zero attached hydrogens (tertiary/aromatic N) is 2. The number of anilines is 1. The highest BCUT2D eigenvalue weighted by molar-refractivity contribution is 7.90. The molecule has 0 saturated carbocycles. The van der Waals surface area contributed by atoms with Crippen molar-refractivity contribution in [3.8, 4) is 11.4 Å². The Morgan fingerprint density at radius 3 is 3.00 bits per heavy atom. The standard InChI is InChI=1S/C10H12N4O2S/c11-9-8-6-17(15,16)5-4-14(8)13-10(9)7-2-1-3-12-7/h1-3,12H,4-6,11H2. The topological polar surface area (TPSA) is 93.8 Å². The van der Waals surface area contributed by atoms with Crippen LogP contribution in [-0.4, -0.2) is 28.9 Å². The van der Waals surface area contributed by atoms with E-state index < -0.39 is 9.84 Å². The minimum absolute atomic E-state index is 0.0213. The minimum atomic E-state index is -3.03. The number of hydrogen-bond donors (Lipinski definition) is 2. The molecule has 3 N–H and O–H groups in total. The lowest BCUT2D eigenvalue weighted by Gasteiger charge is -2.13. The number of nitrogens with two attached hydrogens (primary N) is 1. The molecule has 0 unspecified atom stereocenters. The van der Waals surface area contributed by atoms with E-state index in [1.165, 1.54) is 0 Å². The molecule has 0 fully saturated rings. The maximum atomic E-state index is 11.6. The summed E-state index contributed by atoms with van der Waals surface area (Å²) in [5.41, 5.74) is 8.46. The Bertz CT molecular complexity index is 655. The molecule has 1 aliphatic rings. The molecule has 0 aromatic carbocycles. The summed E-state index contributed by atoms with van der Waals surface area (Å²) in [4.78, 5) is 3.02. The Morgan fingerprint density at radius 1 is 1.47 bits per heavy atom. The highest BCUT2D eigenvalue weighted by Gasteiger charge is 2.27. The second-order valence-electron chi connectivity index (χ2n) is 4.11. The van der Waals surface area contributed by atoms with Crippen molar-refractivity contribution in [3.05, 3.63) is 24.0 Å². The lowest BCUT2D eigenvalue weighted by atomic mass is 10.2. The number of aromatic amines is 1. The van der Waals surface area contributed by atoms with E-state index in [9.17, 15) is 8.42 Å². The third-order valence-corrected chi connectivity index (χ3v) is 4.44. The van der Waals surface area contributed by atoms with Crippen LogP contribution < -0.4 is 5.73 Å². The van der Waals surface area contributed by atoms with Crippen molar-refractivity contribution in [1.82, 2.24) is 14.8 Å². The first-order valence-corrected chi connectivity index (χ1v) is 7.08. The van der Waals surface area contributed by atoms with Crippen LogP contribution in [0.15, 0.2) is 18.3 Å². The van der Waals surface area contributed by atoms with Crippen molar-refractivity contribution in [2.24, 2.45) is 0 Å². The summed E-state index contributed by atoms with van der Waals surface area (Å²) in [6.07, 6.45) is 1.78. The molecule has 2 aromatic rings. The van der Waals surface area contributed by atoms with Gasteiger partial charge >= 0.3 is 0 Å². The second kappa shape index (κ2) is 3.36. The Balaban J connectivity index is 2.15. The van der Waals surface area contributed by atoms with Gasteiger partial charge in [-0.25, -0.2) is 8.42 Å². The van der Waals surface area contributed by atoms with Crippen molar-refractivity contribution in [2.75, 3.05) is 11.5 Å². The van der Waals surface area contributed by atoms with E-state index >= 15 is 0 Å². The molecule has 1 aliphatic heterocycles. The first kappa shape index (κ1) is 10.4. The van der Waals surface area contributed by atoms with Crippen molar-refractivity contribution in [2.45, 2.75) is 12.3 Å². The molecule has 3 rings (SSSR count). The molecule has 0 atom stereocenters. The number of hydrogen-bond acceptors (Lipinski definition) is 4. The molecule has 2 aromatic heterocycles. The maximum Gasteiger partial charge on any atom is 0.157 e. The van der Waals surface area contributed by atoms with Crippen molar-refractivity contribution in [3.63, 3.8) is 0 Å². The average molecular weight is 252 g/mol. The van der Waals surface area contributed by atoms with Crippen molar-refractivity contribution < 1.29 is 8.42 Å². The van der Waals surface area contributed by atoms with E-state index in [2.05, 4.69) is 10.1 Å². The lowest BCUT2D eigenvalue weighted by molar-refractivity contribution is 0.556. The zero-order valence-corrected chi connectivity index (χ0v) is 9.87. The van der Waals surface area contributed by atoms with Gasteiger partial charge in [0.2, 0.25) is 0 Å². The van der Waals surface area contributed by atoms with E-state index in [-0.39, 0.29) is 11.5 Å². The Hall–Kier alpha value is -1.76. The fraction of sp³-hybridized carbons (Fsp3) is 0.300. The van der Waals surface area contributed by atoms with Gasteiger partial charge in [0.25, 0.3) is 0 Å². The van der Waals surface area contributed by atoms with Gasteiger partial charge in [-0.1, -0.05) is 0 Å². The summed E-state index contributed by atoms with van der Waals surface area (Å²) >= 11 is 0. The van der Waals surface area contributed by atoms with Crippen LogP contribution in [-0.2, 0) is 22.1 Å². The van der Waals surface area contributed by atoms with Crippen LogP contribution in [0, 0.1) is 0 Å². The van der Waals surface area contributed by atoms with Gasteiger partial charge in [-0.3, -0.25) is 4.68 Å². The summed E-state index contributed by atoms with van der Waals surface area (Å²) in [5.74, 6) is 0.109. The average Bonchev–Trinajstić information content (AvgIpc) is 2.87. The summed E-state index contributed by atoms with van der Waals surface area (Å²) in [5, 5.41) is 4.35. The normalized spacial score (nSPS) is 17.9. The predicted octanol–water partition coefficient (Wildman–Crippen LogP) is 0.389. The molecule has 3 heterocycles. The number of aromatic nitrogens is 3. The fourth-order valence-corrected chi connectivity index (χ4v) is 3.35. The van der Waals surface area contributed by atoms with Crippen LogP contribution in [0.25, 0.3) is 11.4 Å². The van der Waals surface area contributed by atoms with Crippen molar-refractivity contribution in [1.29, 1.82) is 0 Å². The van der Waals surface area contributed by atoms with Gasteiger partial charge in [0.05, 0.1) is 35.1 Å². The molecular weight excluding hydrogens is 240 g/mol. The molecule has 0 amide bonds. The first-order valence-electron chi connectivity index (χ1n) is 5.26. The highest BCUT2D eigenvalue weighted by Crippen LogP contribution is 2.29. The van der Waals surface area contributed by atoms with Crippen molar-refractivity contribution >= 4 is 15.5 Å². The minimum Gasteiger partial charge on any atom is -0.395 e. The van der Waals surface area contributed by atoms with Gasteiger partial charge in [-0.05, 0) is 12.1 Å². The monoisotopic (exact) mass is 252 g/mol. The molecule has 7 heteroatoms. The van der Waals surface area contributed by atoms with E-state index in [1.807, 2.05) is 12.1 Å². The number of sulfone groups is 1. The molecule has 0 spiro atoms. The zero-order chi connectivity index (χ0) is 12.0. The zero-order valence-electron chi connectivity index (χ0n) is 9.05. The van der Waals surface area contributed by atoms with Gasteiger partial charge in [0, 0.05) is 6.20 Å². The SMILES string of the molecule is Nc1c(-c2ccc[nH]2)nn2c1CS(=O)(=O)CC2. The molecule has 6 nitrogen and oxygen atoms in total. The van der Waals surface area contributed by atoms with Gasteiger partial charge < -0.3 is 10.7 Å². The van der Waals surface area contributed by atoms with Crippen LogP contribution in [0.5, 0.6) is 0 Å². The predicted molar refractivity (Wildman–Crippen MR) is 63.9 cm³/mol. The van der Waals surface area contributed by atoms with E-state index in [0.29, 0.717) is 23.6 Å². The molecule has 0 radical (unpaired) electrons. The number of fused-ring (bicyclic) bond motifs is 1. The van der Waals surface area contributed by atoms with Gasteiger partial charge in [-0.2, -0.15) is 5.10 Å². The van der Waals surface area contributed by atoms with Gasteiger partial charge in [-0.15, -0.1) is 0 Å². The maximum absolute atomic E-state index is 11.6. The second-order valence-corrected chi connectivity index (χ2v) is 6.29. The van der Waals surface area contributed by atoms with Crippen LogP contribution in [0.4, 0.5) is 5.69 Å². The largest absolute Gasteiger partial charge is 0.395 e. The highest BCUT2D eigenvalue weighted by atomic mass is 32.2. The summed E-state index contributed by atoms with van der Waals surface area (Å²) < 4.78 is 24.8. The Labute approximate surface area is 98.4 Å². The van der Waals surface area contributed by atoms with Crippen LogP contribution >= 0.6 is 0 Å². The fourth-order valence-electron chi connectivity index (χ4n) is 2.03. The summed E-state index contributed by atoms with van der Waals surface area (Å²) in [6, 6.07) is 3.71. The van der Waals surface area contributed by atoms with Gasteiger partial charge in [0.1, 0.15) is 5.69 Å². The van der Waals surface area contributed by atoms with Gasteiger partial charge in [0.15, 0.2) is 9.84 Å². The molecular formula is C10H12N4O2S. The van der Waals surface area contributed by atoms with E-state index in [4.69, 9.17) is 5.73 Å². The number of nitrogens with one attached hydrogen (secondary N) is 1. The molecule has 0 bridgehead atoms. The van der Waals surface area contributed by atoms with Crippen LogP contribution in [0.1, 0.15) is 5.69 Å². The number of rotatable bonds is 1. The first-order chi connectivity index (χ1) is 8.07. The summed E-state index contributed by atoms with van der Waals surface area (Å²) in [6.45, 7) is 0.378. The molecule has 90 valence electrons. The van der Waals surface area contributed by atoms with E-state index in [1.54, 1.807) is 10.9 Å².